The van der Waals surface area contributed by atoms with Crippen LogP contribution in [0.25, 0.3) is 6.08 Å². The standard InChI is InChI=1S/C22H26N2O5S/c1-28-20-9-8-19(21(17-20)29-2)16-22(25)23-11-13-24(14-12-23)30(26,27)15-10-18-6-4-3-5-7-18/h3-10,15,17H,11-14,16H2,1-2H3/b15-10+. The highest BCUT2D eigenvalue weighted by Gasteiger charge is 2.27. The molecule has 1 fully saturated rings. The number of carbonyl (C=O) groups excluding carboxylic acids is 1. The van der Waals surface area contributed by atoms with E-state index in [0.29, 0.717) is 24.6 Å². The molecule has 0 N–H and O–H groups in total. The van der Waals surface area contributed by atoms with Crippen LogP contribution in [-0.4, -0.2) is 63.9 Å². The van der Waals surface area contributed by atoms with E-state index in [1.165, 1.54) is 9.71 Å². The fourth-order valence-electron chi connectivity index (χ4n) is 3.28. The SMILES string of the molecule is COc1ccc(CC(=O)N2CCN(S(=O)(=O)/C=C/c3ccccc3)CC2)c(OC)c1. The number of hydrogen-bond acceptors (Lipinski definition) is 5. The van der Waals surface area contributed by atoms with E-state index in [1.54, 1.807) is 37.3 Å². The molecule has 1 aliphatic heterocycles. The molecule has 0 radical (unpaired) electrons. The van der Waals surface area contributed by atoms with E-state index in [9.17, 15) is 13.2 Å². The van der Waals surface area contributed by atoms with Crippen LogP contribution in [0.1, 0.15) is 11.1 Å². The van der Waals surface area contributed by atoms with Gasteiger partial charge in [0.15, 0.2) is 0 Å². The third-order valence-electron chi connectivity index (χ3n) is 5.02. The predicted octanol–water partition coefficient (Wildman–Crippen LogP) is 2.39. The van der Waals surface area contributed by atoms with Crippen molar-refractivity contribution in [2.45, 2.75) is 6.42 Å². The second-order valence-electron chi connectivity index (χ2n) is 6.89. The van der Waals surface area contributed by atoms with Gasteiger partial charge in [0.05, 0.1) is 20.6 Å². The molecule has 0 spiro atoms. The lowest BCUT2D eigenvalue weighted by Gasteiger charge is -2.33. The van der Waals surface area contributed by atoms with E-state index < -0.39 is 10.0 Å². The number of nitrogens with zero attached hydrogens (tertiary/aromatic N) is 2. The fourth-order valence-corrected chi connectivity index (χ4v) is 4.45. The molecule has 8 heteroatoms. The minimum atomic E-state index is -3.53. The molecular formula is C22H26N2O5S. The van der Waals surface area contributed by atoms with Gasteiger partial charge in [-0.1, -0.05) is 36.4 Å². The number of piperazine rings is 1. The Morgan fingerprint density at radius 3 is 2.33 bits per heavy atom. The Hall–Kier alpha value is -2.84. The summed E-state index contributed by atoms with van der Waals surface area (Å²) in [5.74, 6) is 1.19. The summed E-state index contributed by atoms with van der Waals surface area (Å²) in [4.78, 5) is 14.4. The average Bonchev–Trinajstić information content (AvgIpc) is 2.78. The van der Waals surface area contributed by atoms with Crippen LogP contribution in [-0.2, 0) is 21.2 Å². The second kappa shape index (κ2) is 9.77. The topological polar surface area (TPSA) is 76.2 Å². The Balaban J connectivity index is 1.58. The molecule has 7 nitrogen and oxygen atoms in total. The third-order valence-corrected chi connectivity index (χ3v) is 6.58. The van der Waals surface area contributed by atoms with Gasteiger partial charge in [0, 0.05) is 43.2 Å². The van der Waals surface area contributed by atoms with Crippen LogP contribution in [0.5, 0.6) is 11.5 Å². The summed E-state index contributed by atoms with van der Waals surface area (Å²) in [6.07, 6.45) is 1.77. The molecule has 1 amide bonds. The number of ether oxygens (including phenoxy) is 2. The molecule has 0 saturated carbocycles. The number of rotatable bonds is 7. The first kappa shape index (κ1) is 21.9. The summed E-state index contributed by atoms with van der Waals surface area (Å²) in [7, 11) is -0.404. The maximum atomic E-state index is 12.7. The van der Waals surface area contributed by atoms with Gasteiger partial charge in [-0.2, -0.15) is 4.31 Å². The molecule has 3 rings (SSSR count). The summed E-state index contributed by atoms with van der Waals surface area (Å²) in [5, 5.41) is 1.22. The number of benzene rings is 2. The van der Waals surface area contributed by atoms with Crippen molar-refractivity contribution in [3.63, 3.8) is 0 Å². The van der Waals surface area contributed by atoms with Gasteiger partial charge in [0.25, 0.3) is 0 Å². The number of methoxy groups -OCH3 is 2. The maximum absolute atomic E-state index is 12.7. The molecule has 1 saturated heterocycles. The summed E-state index contributed by atoms with van der Waals surface area (Å²) in [6.45, 7) is 1.26. The number of amides is 1. The van der Waals surface area contributed by atoms with E-state index in [2.05, 4.69) is 0 Å². The van der Waals surface area contributed by atoms with Gasteiger partial charge < -0.3 is 14.4 Å². The molecule has 160 valence electrons. The van der Waals surface area contributed by atoms with Crippen LogP contribution in [0.15, 0.2) is 53.9 Å². The molecule has 0 aromatic heterocycles. The molecular weight excluding hydrogens is 404 g/mol. The van der Waals surface area contributed by atoms with Gasteiger partial charge in [0.1, 0.15) is 11.5 Å². The first-order chi connectivity index (χ1) is 14.4. The minimum absolute atomic E-state index is 0.0599. The van der Waals surface area contributed by atoms with Crippen molar-refractivity contribution in [3.8, 4) is 11.5 Å². The highest BCUT2D eigenvalue weighted by Crippen LogP contribution is 2.25. The summed E-state index contributed by atoms with van der Waals surface area (Å²) < 4.78 is 37.1. The molecule has 30 heavy (non-hydrogen) atoms. The normalized spacial score (nSPS) is 15.3. The Morgan fingerprint density at radius 1 is 1.00 bits per heavy atom. The lowest BCUT2D eigenvalue weighted by atomic mass is 10.1. The first-order valence-corrected chi connectivity index (χ1v) is 11.2. The lowest BCUT2D eigenvalue weighted by Crippen LogP contribution is -2.50. The quantitative estimate of drug-likeness (QED) is 0.674. The summed E-state index contributed by atoms with van der Waals surface area (Å²) in [6, 6.07) is 14.6. The molecule has 0 aliphatic carbocycles. The minimum Gasteiger partial charge on any atom is -0.497 e. The van der Waals surface area contributed by atoms with Crippen molar-refractivity contribution in [1.82, 2.24) is 9.21 Å². The van der Waals surface area contributed by atoms with Crippen LogP contribution in [0.4, 0.5) is 0 Å². The Kier molecular flexibility index (Phi) is 7.12. The Bertz CT molecular complexity index is 997. The molecule has 2 aromatic carbocycles. The molecule has 2 aromatic rings. The highest BCUT2D eigenvalue weighted by atomic mass is 32.2. The van der Waals surface area contributed by atoms with E-state index in [1.807, 2.05) is 36.4 Å². The van der Waals surface area contributed by atoms with Gasteiger partial charge >= 0.3 is 0 Å². The second-order valence-corrected chi connectivity index (χ2v) is 8.71. The Morgan fingerprint density at radius 2 is 1.70 bits per heavy atom. The number of hydrogen-bond donors (Lipinski definition) is 0. The molecule has 1 aliphatic rings. The fraction of sp³-hybridized carbons (Fsp3) is 0.318. The number of carbonyl (C=O) groups is 1. The van der Waals surface area contributed by atoms with Crippen LogP contribution in [0.3, 0.4) is 0 Å². The van der Waals surface area contributed by atoms with Gasteiger partial charge in [-0.05, 0) is 17.7 Å². The van der Waals surface area contributed by atoms with Crippen LogP contribution in [0.2, 0.25) is 0 Å². The zero-order valence-corrected chi connectivity index (χ0v) is 18.0. The Labute approximate surface area is 177 Å². The van der Waals surface area contributed by atoms with Crippen molar-refractivity contribution in [3.05, 3.63) is 65.1 Å². The van der Waals surface area contributed by atoms with Crippen molar-refractivity contribution in [1.29, 1.82) is 0 Å². The van der Waals surface area contributed by atoms with Crippen LogP contribution >= 0.6 is 0 Å². The van der Waals surface area contributed by atoms with Crippen LogP contribution < -0.4 is 9.47 Å². The van der Waals surface area contributed by atoms with Gasteiger partial charge in [-0.25, -0.2) is 8.42 Å². The molecule has 0 unspecified atom stereocenters. The first-order valence-electron chi connectivity index (χ1n) is 9.65. The summed E-state index contributed by atoms with van der Waals surface area (Å²) >= 11 is 0. The molecule has 0 atom stereocenters. The third kappa shape index (κ3) is 5.40. The van der Waals surface area contributed by atoms with Gasteiger partial charge in [-0.15, -0.1) is 0 Å². The largest absolute Gasteiger partial charge is 0.497 e. The zero-order chi connectivity index (χ0) is 21.6. The predicted molar refractivity (Wildman–Crippen MR) is 116 cm³/mol. The van der Waals surface area contributed by atoms with Gasteiger partial charge in [-0.3, -0.25) is 4.79 Å². The zero-order valence-electron chi connectivity index (χ0n) is 17.2. The average molecular weight is 431 g/mol. The van der Waals surface area contributed by atoms with Gasteiger partial charge in [0.2, 0.25) is 15.9 Å². The van der Waals surface area contributed by atoms with Crippen molar-refractivity contribution >= 4 is 22.0 Å². The van der Waals surface area contributed by atoms with Crippen molar-refractivity contribution in [2.75, 3.05) is 40.4 Å². The van der Waals surface area contributed by atoms with Crippen molar-refractivity contribution < 1.29 is 22.7 Å². The molecule has 0 bridgehead atoms. The van der Waals surface area contributed by atoms with E-state index in [0.717, 1.165) is 11.1 Å². The van der Waals surface area contributed by atoms with E-state index >= 15 is 0 Å². The highest BCUT2D eigenvalue weighted by molar-refractivity contribution is 7.92. The maximum Gasteiger partial charge on any atom is 0.236 e. The summed E-state index contributed by atoms with van der Waals surface area (Å²) in [5.41, 5.74) is 1.59. The lowest BCUT2D eigenvalue weighted by molar-refractivity contribution is -0.131. The van der Waals surface area contributed by atoms with E-state index in [4.69, 9.17) is 9.47 Å². The van der Waals surface area contributed by atoms with Crippen molar-refractivity contribution in [2.24, 2.45) is 0 Å². The monoisotopic (exact) mass is 430 g/mol. The smallest absolute Gasteiger partial charge is 0.236 e. The van der Waals surface area contributed by atoms with Crippen LogP contribution in [0, 0.1) is 0 Å². The van der Waals surface area contributed by atoms with E-state index in [-0.39, 0.29) is 25.4 Å². The number of sulfonamides is 1. The molecule has 1 heterocycles.